The molecule has 0 saturated carbocycles. The molecule has 0 radical (unpaired) electrons. The van der Waals surface area contributed by atoms with Gasteiger partial charge in [0.15, 0.2) is 0 Å². The Bertz CT molecular complexity index is 799. The lowest BCUT2D eigenvalue weighted by Gasteiger charge is -2.41. The number of likely N-dealkylation sites (tertiary alicyclic amines) is 1. The van der Waals surface area contributed by atoms with Crippen molar-refractivity contribution in [1.29, 1.82) is 0 Å². The number of ether oxygens (including phenoxy) is 1. The SMILES string of the molecule is CSc1ccc(C2CN(C)Cc3cc(OCC4CN(C(C)C)C4)ccc32)cc1. The molecule has 150 valence electrons. The van der Waals surface area contributed by atoms with Gasteiger partial charge in [-0.05, 0) is 68.1 Å². The van der Waals surface area contributed by atoms with Gasteiger partial charge < -0.3 is 14.5 Å². The molecule has 28 heavy (non-hydrogen) atoms. The molecule has 1 fully saturated rings. The molecule has 0 N–H and O–H groups in total. The third kappa shape index (κ3) is 4.24. The summed E-state index contributed by atoms with van der Waals surface area (Å²) < 4.78 is 6.16. The molecule has 0 bridgehead atoms. The fourth-order valence-electron chi connectivity index (χ4n) is 4.39. The summed E-state index contributed by atoms with van der Waals surface area (Å²) in [5, 5.41) is 0. The van der Waals surface area contributed by atoms with E-state index in [0.29, 0.717) is 17.9 Å². The van der Waals surface area contributed by atoms with Crippen LogP contribution in [0.5, 0.6) is 5.75 Å². The van der Waals surface area contributed by atoms with Crippen LogP contribution in [0, 0.1) is 5.92 Å². The lowest BCUT2D eigenvalue weighted by atomic mass is 9.85. The maximum Gasteiger partial charge on any atom is 0.119 e. The number of nitrogens with zero attached hydrogens (tertiary/aromatic N) is 2. The predicted molar refractivity (Wildman–Crippen MR) is 119 cm³/mol. The van der Waals surface area contributed by atoms with Crippen LogP contribution in [0.4, 0.5) is 0 Å². The molecule has 2 aliphatic heterocycles. The average Bonchev–Trinajstić information content (AvgIpc) is 2.65. The van der Waals surface area contributed by atoms with Gasteiger partial charge in [-0.1, -0.05) is 18.2 Å². The number of hydrogen-bond donors (Lipinski definition) is 0. The minimum atomic E-state index is 0.435. The van der Waals surface area contributed by atoms with Crippen molar-refractivity contribution >= 4 is 11.8 Å². The molecule has 0 amide bonds. The van der Waals surface area contributed by atoms with Crippen molar-refractivity contribution < 1.29 is 4.74 Å². The summed E-state index contributed by atoms with van der Waals surface area (Å²) >= 11 is 1.80. The first-order valence-corrected chi connectivity index (χ1v) is 11.6. The highest BCUT2D eigenvalue weighted by Gasteiger charge is 2.29. The molecule has 1 saturated heterocycles. The largest absolute Gasteiger partial charge is 0.493 e. The van der Waals surface area contributed by atoms with Crippen molar-refractivity contribution in [3.8, 4) is 5.75 Å². The monoisotopic (exact) mass is 396 g/mol. The lowest BCUT2D eigenvalue weighted by Crippen LogP contribution is -2.52. The van der Waals surface area contributed by atoms with E-state index in [1.165, 1.54) is 34.7 Å². The fraction of sp³-hybridized carbons (Fsp3) is 0.500. The van der Waals surface area contributed by atoms with Crippen LogP contribution in [0.15, 0.2) is 47.4 Å². The molecule has 1 unspecified atom stereocenters. The van der Waals surface area contributed by atoms with Gasteiger partial charge in [0, 0.05) is 49.0 Å². The number of likely N-dealkylation sites (N-methyl/N-ethyl adjacent to an activating group) is 1. The highest BCUT2D eigenvalue weighted by Crippen LogP contribution is 2.35. The van der Waals surface area contributed by atoms with Gasteiger partial charge in [-0.3, -0.25) is 0 Å². The van der Waals surface area contributed by atoms with Crippen molar-refractivity contribution in [2.75, 3.05) is 39.5 Å². The van der Waals surface area contributed by atoms with Crippen LogP contribution < -0.4 is 4.74 Å². The Morgan fingerprint density at radius 2 is 1.82 bits per heavy atom. The summed E-state index contributed by atoms with van der Waals surface area (Å²) in [6.07, 6.45) is 2.13. The summed E-state index contributed by atoms with van der Waals surface area (Å²) in [5.74, 6) is 2.13. The molecule has 3 nitrogen and oxygen atoms in total. The van der Waals surface area contributed by atoms with Crippen LogP contribution in [-0.4, -0.2) is 55.4 Å². The Kier molecular flexibility index (Phi) is 6.00. The molecular formula is C24H32N2OS. The Labute approximate surface area is 174 Å². The van der Waals surface area contributed by atoms with Crippen LogP contribution >= 0.6 is 11.8 Å². The van der Waals surface area contributed by atoms with Crippen LogP contribution in [0.25, 0.3) is 0 Å². The molecule has 1 atom stereocenters. The Balaban J connectivity index is 1.46. The number of benzene rings is 2. The zero-order valence-corrected chi connectivity index (χ0v) is 18.3. The minimum absolute atomic E-state index is 0.435. The molecule has 2 aromatic rings. The van der Waals surface area contributed by atoms with Gasteiger partial charge in [0.2, 0.25) is 0 Å². The number of rotatable bonds is 6. The Morgan fingerprint density at radius 3 is 2.50 bits per heavy atom. The molecule has 4 rings (SSSR count). The van der Waals surface area contributed by atoms with E-state index in [4.69, 9.17) is 4.74 Å². The first-order chi connectivity index (χ1) is 13.5. The van der Waals surface area contributed by atoms with Crippen LogP contribution in [-0.2, 0) is 6.54 Å². The van der Waals surface area contributed by atoms with E-state index in [-0.39, 0.29) is 0 Å². The van der Waals surface area contributed by atoms with E-state index in [0.717, 1.165) is 25.4 Å². The number of thioether (sulfide) groups is 1. The molecule has 2 aliphatic rings. The molecule has 4 heteroatoms. The lowest BCUT2D eigenvalue weighted by molar-refractivity contribution is 0.0375. The predicted octanol–water partition coefficient (Wildman–Crippen LogP) is 4.70. The molecule has 0 aromatic heterocycles. The van der Waals surface area contributed by atoms with Gasteiger partial charge in [0.05, 0.1) is 6.61 Å². The molecule has 2 aromatic carbocycles. The van der Waals surface area contributed by atoms with Crippen LogP contribution in [0.1, 0.15) is 36.5 Å². The second-order valence-electron chi connectivity index (χ2n) is 8.61. The van der Waals surface area contributed by atoms with Crippen molar-refractivity contribution in [2.45, 2.75) is 37.2 Å². The van der Waals surface area contributed by atoms with Crippen molar-refractivity contribution in [2.24, 2.45) is 5.92 Å². The van der Waals surface area contributed by atoms with E-state index < -0.39 is 0 Å². The number of hydrogen-bond acceptors (Lipinski definition) is 4. The van der Waals surface area contributed by atoms with Gasteiger partial charge in [-0.25, -0.2) is 0 Å². The zero-order chi connectivity index (χ0) is 19.7. The van der Waals surface area contributed by atoms with E-state index in [9.17, 15) is 0 Å². The van der Waals surface area contributed by atoms with Gasteiger partial charge in [-0.15, -0.1) is 11.8 Å². The van der Waals surface area contributed by atoms with E-state index in [1.807, 2.05) is 0 Å². The molecule has 2 heterocycles. The topological polar surface area (TPSA) is 15.7 Å². The second-order valence-corrected chi connectivity index (χ2v) is 9.49. The Morgan fingerprint density at radius 1 is 1.07 bits per heavy atom. The summed E-state index contributed by atoms with van der Waals surface area (Å²) in [4.78, 5) is 6.25. The molecular weight excluding hydrogens is 364 g/mol. The van der Waals surface area contributed by atoms with E-state index >= 15 is 0 Å². The summed E-state index contributed by atoms with van der Waals surface area (Å²) in [6.45, 7) is 9.76. The third-order valence-electron chi connectivity index (χ3n) is 6.14. The van der Waals surface area contributed by atoms with Crippen LogP contribution in [0.3, 0.4) is 0 Å². The van der Waals surface area contributed by atoms with Gasteiger partial charge in [0.25, 0.3) is 0 Å². The average molecular weight is 397 g/mol. The van der Waals surface area contributed by atoms with Crippen molar-refractivity contribution in [3.63, 3.8) is 0 Å². The second kappa shape index (κ2) is 8.48. The van der Waals surface area contributed by atoms with Crippen molar-refractivity contribution in [3.05, 3.63) is 59.2 Å². The first-order valence-electron chi connectivity index (χ1n) is 10.4. The summed E-state index contributed by atoms with van der Waals surface area (Å²) in [6, 6.07) is 16.5. The maximum atomic E-state index is 6.16. The fourth-order valence-corrected chi connectivity index (χ4v) is 4.79. The van der Waals surface area contributed by atoms with Crippen molar-refractivity contribution in [1.82, 2.24) is 9.80 Å². The number of fused-ring (bicyclic) bond motifs is 1. The summed E-state index contributed by atoms with van der Waals surface area (Å²) in [7, 11) is 2.22. The highest BCUT2D eigenvalue weighted by molar-refractivity contribution is 7.98. The van der Waals surface area contributed by atoms with E-state index in [1.54, 1.807) is 11.8 Å². The standard InChI is InChI=1S/C24H32N2OS/c1-17(2)26-12-18(13-26)16-27-21-7-10-23-20(11-21)14-25(3)15-24(23)19-5-8-22(28-4)9-6-19/h5-11,17-18,24H,12-16H2,1-4H3. The maximum absolute atomic E-state index is 6.16. The highest BCUT2D eigenvalue weighted by atomic mass is 32.2. The molecule has 0 spiro atoms. The minimum Gasteiger partial charge on any atom is -0.493 e. The molecule has 0 aliphatic carbocycles. The van der Waals surface area contributed by atoms with Gasteiger partial charge >= 0.3 is 0 Å². The Hall–Kier alpha value is -1.49. The van der Waals surface area contributed by atoms with Crippen LogP contribution in [0.2, 0.25) is 0 Å². The van der Waals surface area contributed by atoms with E-state index in [2.05, 4.69) is 79.4 Å². The first kappa shape index (κ1) is 19.8. The summed E-state index contributed by atoms with van der Waals surface area (Å²) in [5.41, 5.74) is 4.27. The zero-order valence-electron chi connectivity index (χ0n) is 17.5. The third-order valence-corrected chi connectivity index (χ3v) is 6.89. The normalized spacial score (nSPS) is 20.8. The quantitative estimate of drug-likeness (QED) is 0.657. The smallest absolute Gasteiger partial charge is 0.119 e. The van der Waals surface area contributed by atoms with Gasteiger partial charge in [0.1, 0.15) is 5.75 Å². The van der Waals surface area contributed by atoms with Gasteiger partial charge in [-0.2, -0.15) is 0 Å².